The third kappa shape index (κ3) is 4.89. The number of rotatable bonds is 4. The van der Waals surface area contributed by atoms with Crippen molar-refractivity contribution in [2.24, 2.45) is 5.92 Å². The SMILES string of the molecule is C[C@@H]1CCN(C(=O)CC#N)C[C@@H]1N(C)c1ncnc2c1ccn2C(=O)Oc1ccc(N)cc1.Cl. The highest BCUT2D eigenvalue weighted by Gasteiger charge is 2.33. The molecule has 4 rings (SSSR count). The number of carbonyl (C=O) groups is 2. The van der Waals surface area contributed by atoms with E-state index in [2.05, 4.69) is 16.9 Å². The number of anilines is 2. The number of amides is 1. The Morgan fingerprint density at radius 1 is 1.26 bits per heavy atom. The fraction of sp³-hybridized carbons (Fsp3) is 0.348. The summed E-state index contributed by atoms with van der Waals surface area (Å²) in [4.78, 5) is 37.5. The average Bonchev–Trinajstić information content (AvgIpc) is 3.25. The number of hydrogen-bond donors (Lipinski definition) is 1. The number of fused-ring (bicyclic) bond motifs is 1. The molecule has 2 N–H and O–H groups in total. The second-order valence-corrected chi connectivity index (χ2v) is 8.18. The van der Waals surface area contributed by atoms with Crippen LogP contribution < -0.4 is 15.4 Å². The lowest BCUT2D eigenvalue weighted by molar-refractivity contribution is -0.131. The smallest absolute Gasteiger partial charge is 0.410 e. The lowest BCUT2D eigenvalue weighted by atomic mass is 9.92. The van der Waals surface area contributed by atoms with Crippen molar-refractivity contribution >= 4 is 46.9 Å². The Balaban J connectivity index is 0.00000324. The molecular formula is C23H26ClN7O3. The maximum Gasteiger partial charge on any atom is 0.425 e. The molecule has 1 aromatic carbocycles. The van der Waals surface area contributed by atoms with Gasteiger partial charge in [-0.2, -0.15) is 5.26 Å². The maximum atomic E-state index is 12.8. The van der Waals surface area contributed by atoms with Crippen LogP contribution in [-0.2, 0) is 4.79 Å². The Morgan fingerprint density at radius 3 is 2.71 bits per heavy atom. The summed E-state index contributed by atoms with van der Waals surface area (Å²) in [5.74, 6) is 1.18. The minimum Gasteiger partial charge on any atom is -0.410 e. The second kappa shape index (κ2) is 10.4. The zero-order valence-corrected chi connectivity index (χ0v) is 19.7. The third-order valence-corrected chi connectivity index (χ3v) is 6.08. The first-order chi connectivity index (χ1) is 15.9. The summed E-state index contributed by atoms with van der Waals surface area (Å²) in [6.07, 6.45) is 3.12. The Kier molecular flexibility index (Phi) is 7.58. The minimum atomic E-state index is -0.596. The molecule has 2 atom stereocenters. The van der Waals surface area contributed by atoms with Gasteiger partial charge in [-0.3, -0.25) is 4.79 Å². The fourth-order valence-corrected chi connectivity index (χ4v) is 4.17. The Labute approximate surface area is 203 Å². The molecule has 0 radical (unpaired) electrons. The van der Waals surface area contributed by atoms with Crippen molar-refractivity contribution in [3.05, 3.63) is 42.9 Å². The van der Waals surface area contributed by atoms with Gasteiger partial charge in [-0.15, -0.1) is 12.4 Å². The Hall–Kier alpha value is -3.84. The molecule has 1 amide bonds. The average molecular weight is 484 g/mol. The van der Waals surface area contributed by atoms with E-state index in [0.717, 1.165) is 6.42 Å². The number of carbonyl (C=O) groups excluding carboxylic acids is 2. The number of aromatic nitrogens is 3. The molecular weight excluding hydrogens is 458 g/mol. The minimum absolute atomic E-state index is 0. The van der Waals surface area contributed by atoms with Gasteiger partial charge < -0.3 is 20.3 Å². The lowest BCUT2D eigenvalue weighted by Crippen LogP contribution is -2.52. The van der Waals surface area contributed by atoms with E-state index in [1.807, 2.05) is 18.0 Å². The predicted octanol–water partition coefficient (Wildman–Crippen LogP) is 3.07. The standard InChI is InChI=1S/C23H25N7O3.ClH/c1-15-8-11-29(20(31)7-10-24)13-19(15)28(2)21-18-9-12-30(22(18)27-14-26-21)23(32)33-17-5-3-16(25)4-6-17;/h3-6,9,12,14-15,19H,7-8,11,13,25H2,1-2H3;1H/t15-,19+;/m1./s1. The lowest BCUT2D eigenvalue weighted by Gasteiger charge is -2.42. The van der Waals surface area contributed by atoms with Crippen LogP contribution in [0.3, 0.4) is 0 Å². The van der Waals surface area contributed by atoms with Crippen LogP contribution in [0, 0.1) is 17.2 Å². The van der Waals surface area contributed by atoms with Gasteiger partial charge in [0.2, 0.25) is 5.91 Å². The van der Waals surface area contributed by atoms with Crippen molar-refractivity contribution in [1.82, 2.24) is 19.4 Å². The zero-order chi connectivity index (χ0) is 23.5. The Morgan fingerprint density at radius 2 is 2.00 bits per heavy atom. The van der Waals surface area contributed by atoms with Crippen molar-refractivity contribution in [3.63, 3.8) is 0 Å². The van der Waals surface area contributed by atoms with E-state index in [-0.39, 0.29) is 30.8 Å². The molecule has 0 saturated carbocycles. The largest absolute Gasteiger partial charge is 0.425 e. The van der Waals surface area contributed by atoms with Gasteiger partial charge in [0.15, 0.2) is 5.65 Å². The number of nitriles is 1. The molecule has 3 heterocycles. The molecule has 34 heavy (non-hydrogen) atoms. The molecule has 1 aliphatic heterocycles. The maximum absolute atomic E-state index is 12.8. The van der Waals surface area contributed by atoms with Crippen LogP contribution >= 0.6 is 12.4 Å². The molecule has 1 saturated heterocycles. The highest BCUT2D eigenvalue weighted by atomic mass is 35.5. The number of nitrogen functional groups attached to an aromatic ring is 1. The van der Waals surface area contributed by atoms with Gasteiger partial charge in [-0.05, 0) is 42.7 Å². The van der Waals surface area contributed by atoms with Gasteiger partial charge in [-0.25, -0.2) is 19.3 Å². The molecule has 178 valence electrons. The van der Waals surface area contributed by atoms with Crippen LogP contribution in [0.25, 0.3) is 11.0 Å². The highest BCUT2D eigenvalue weighted by Crippen LogP contribution is 2.30. The van der Waals surface area contributed by atoms with Crippen LogP contribution in [0.2, 0.25) is 0 Å². The van der Waals surface area contributed by atoms with Gasteiger partial charge in [0.25, 0.3) is 0 Å². The molecule has 10 nitrogen and oxygen atoms in total. The first kappa shape index (κ1) is 24.8. The number of hydrogen-bond acceptors (Lipinski definition) is 8. The van der Waals surface area contributed by atoms with E-state index in [0.29, 0.717) is 47.3 Å². The molecule has 1 aliphatic rings. The van der Waals surface area contributed by atoms with Gasteiger partial charge in [0, 0.05) is 32.0 Å². The van der Waals surface area contributed by atoms with Crippen molar-refractivity contribution in [2.75, 3.05) is 30.8 Å². The van der Waals surface area contributed by atoms with Gasteiger partial charge in [-0.1, -0.05) is 6.92 Å². The number of likely N-dealkylation sites (tertiary alicyclic amines) is 1. The number of likely N-dealkylation sites (N-methyl/N-ethyl adjacent to an activating group) is 1. The molecule has 0 unspecified atom stereocenters. The van der Waals surface area contributed by atoms with Crippen molar-refractivity contribution in [2.45, 2.75) is 25.8 Å². The monoisotopic (exact) mass is 483 g/mol. The fourth-order valence-electron chi connectivity index (χ4n) is 4.17. The number of ether oxygens (including phenoxy) is 1. The van der Waals surface area contributed by atoms with Crippen LogP contribution in [0.1, 0.15) is 19.8 Å². The summed E-state index contributed by atoms with van der Waals surface area (Å²) in [5, 5.41) is 9.57. The van der Waals surface area contributed by atoms with Crippen molar-refractivity contribution in [3.8, 4) is 11.8 Å². The van der Waals surface area contributed by atoms with E-state index >= 15 is 0 Å². The van der Waals surface area contributed by atoms with Gasteiger partial charge in [0.05, 0.1) is 17.5 Å². The number of halogens is 1. The number of piperidine rings is 1. The molecule has 2 aromatic heterocycles. The molecule has 0 bridgehead atoms. The first-order valence-corrected chi connectivity index (χ1v) is 10.7. The highest BCUT2D eigenvalue weighted by molar-refractivity contribution is 5.94. The van der Waals surface area contributed by atoms with E-state index in [1.54, 1.807) is 41.4 Å². The molecule has 11 heteroatoms. The van der Waals surface area contributed by atoms with Crippen LogP contribution in [0.5, 0.6) is 5.75 Å². The van der Waals surface area contributed by atoms with Gasteiger partial charge in [0.1, 0.15) is 24.3 Å². The van der Waals surface area contributed by atoms with Crippen molar-refractivity contribution < 1.29 is 14.3 Å². The summed E-state index contributed by atoms with van der Waals surface area (Å²) in [7, 11) is 1.92. The van der Waals surface area contributed by atoms with E-state index < -0.39 is 6.09 Å². The predicted molar refractivity (Wildman–Crippen MR) is 130 cm³/mol. The van der Waals surface area contributed by atoms with Crippen molar-refractivity contribution in [1.29, 1.82) is 5.26 Å². The zero-order valence-electron chi connectivity index (χ0n) is 18.9. The number of nitrogens with zero attached hydrogens (tertiary/aromatic N) is 6. The summed E-state index contributed by atoms with van der Waals surface area (Å²) in [6, 6.07) is 10.3. The molecule has 0 spiro atoms. The summed E-state index contributed by atoms with van der Waals surface area (Å²) >= 11 is 0. The van der Waals surface area contributed by atoms with Gasteiger partial charge >= 0.3 is 6.09 Å². The second-order valence-electron chi connectivity index (χ2n) is 8.18. The summed E-state index contributed by atoms with van der Waals surface area (Å²) in [5.41, 5.74) is 6.68. The van der Waals surface area contributed by atoms with Crippen LogP contribution in [-0.4, -0.2) is 57.6 Å². The van der Waals surface area contributed by atoms with E-state index in [9.17, 15) is 9.59 Å². The van der Waals surface area contributed by atoms with Crippen LogP contribution in [0.15, 0.2) is 42.9 Å². The topological polar surface area (TPSA) is 130 Å². The Bertz CT molecular complexity index is 1220. The molecule has 1 fully saturated rings. The normalized spacial score (nSPS) is 17.5. The summed E-state index contributed by atoms with van der Waals surface area (Å²) < 4.78 is 6.77. The quantitative estimate of drug-likeness (QED) is 0.560. The number of nitrogens with two attached hydrogens (primary N) is 1. The first-order valence-electron chi connectivity index (χ1n) is 10.7. The summed E-state index contributed by atoms with van der Waals surface area (Å²) in [6.45, 7) is 3.28. The van der Waals surface area contributed by atoms with Crippen LogP contribution in [0.4, 0.5) is 16.3 Å². The third-order valence-electron chi connectivity index (χ3n) is 6.08. The number of benzene rings is 1. The van der Waals surface area contributed by atoms with E-state index in [1.165, 1.54) is 10.9 Å². The molecule has 3 aromatic rings. The van der Waals surface area contributed by atoms with E-state index in [4.69, 9.17) is 15.7 Å². The molecule has 0 aliphatic carbocycles.